The molecule has 0 radical (unpaired) electrons. The highest BCUT2D eigenvalue weighted by molar-refractivity contribution is 7.47. The number of carbonyl (C=O) groups is 4. The van der Waals surface area contributed by atoms with Gasteiger partial charge in [-0.25, -0.2) is 9.13 Å². The highest BCUT2D eigenvalue weighted by Gasteiger charge is 2.30. The van der Waals surface area contributed by atoms with Gasteiger partial charge in [-0.15, -0.1) is 0 Å². The highest BCUT2D eigenvalue weighted by Crippen LogP contribution is 2.45. The Labute approximate surface area is 626 Å². The smallest absolute Gasteiger partial charge is 0.462 e. The van der Waals surface area contributed by atoms with Gasteiger partial charge in [0.15, 0.2) is 12.2 Å². The molecule has 606 valence electrons. The predicted molar refractivity (Wildman–Crippen MR) is 418 cm³/mol. The van der Waals surface area contributed by atoms with Crippen LogP contribution in [0.5, 0.6) is 0 Å². The molecule has 3 unspecified atom stereocenters. The summed E-state index contributed by atoms with van der Waals surface area (Å²) in [6.07, 6.45) is 65.5. The molecule has 6 atom stereocenters. The molecule has 102 heavy (non-hydrogen) atoms. The fourth-order valence-electron chi connectivity index (χ4n) is 12.9. The first-order valence-electron chi connectivity index (χ1n) is 43.0. The molecule has 0 saturated carbocycles. The quantitative estimate of drug-likeness (QED) is 0.0222. The fraction of sp³-hybridized carbons (Fsp3) is 0.952. The monoisotopic (exact) mass is 1490 g/mol. The Morgan fingerprint density at radius 1 is 0.284 bits per heavy atom. The zero-order chi connectivity index (χ0) is 74.9. The minimum atomic E-state index is -4.96. The number of aliphatic hydroxyl groups is 1. The van der Waals surface area contributed by atoms with E-state index < -0.39 is 97.5 Å². The van der Waals surface area contributed by atoms with E-state index in [2.05, 4.69) is 41.5 Å². The first kappa shape index (κ1) is 100. The summed E-state index contributed by atoms with van der Waals surface area (Å²) in [4.78, 5) is 73.0. The predicted octanol–water partition coefficient (Wildman–Crippen LogP) is 25.1. The number of phosphoric ester groups is 2. The zero-order valence-corrected chi connectivity index (χ0v) is 68.7. The van der Waals surface area contributed by atoms with Crippen molar-refractivity contribution in [2.45, 2.75) is 458 Å². The van der Waals surface area contributed by atoms with Crippen LogP contribution in [-0.2, 0) is 65.4 Å². The Balaban J connectivity index is 5.19. The standard InChI is InChI=1S/C83H162O17P2/c1-7-10-12-14-16-18-20-22-23-24-25-29-32-35-39-42-46-53-59-65-80(85)93-71-78(99-83(88)68-62-56-48-44-40-36-33-30-27-26-28-31-34-37-41-45-52-58-64-76(6)9-3)73-97-101(89,90)95-69-77(84)70-96-102(91,92)98-74-79(72-94-81(86)66-60-54-50-49-51-57-63-75(4)5)100-82(87)67-61-55-47-43-38-21-19-17-15-13-11-8-2/h75-79,84H,7-74H2,1-6H3,(H,89,90)(H,91,92)/t76?,77-,78-,79-/m1/s1. The van der Waals surface area contributed by atoms with E-state index in [0.29, 0.717) is 31.6 Å². The third kappa shape index (κ3) is 74.9. The van der Waals surface area contributed by atoms with E-state index in [1.165, 1.54) is 250 Å². The van der Waals surface area contributed by atoms with Crippen molar-refractivity contribution >= 4 is 39.5 Å². The van der Waals surface area contributed by atoms with Gasteiger partial charge in [0.2, 0.25) is 0 Å². The number of unbranched alkanes of at least 4 members (excludes halogenated alkanes) is 51. The molecule has 0 aromatic rings. The fourth-order valence-corrected chi connectivity index (χ4v) is 14.4. The number of hydrogen-bond acceptors (Lipinski definition) is 15. The van der Waals surface area contributed by atoms with Crippen LogP contribution in [-0.4, -0.2) is 96.7 Å². The Bertz CT molecular complexity index is 1960. The van der Waals surface area contributed by atoms with Gasteiger partial charge in [-0.2, -0.15) is 0 Å². The molecular formula is C83H162O17P2. The maximum atomic E-state index is 13.1. The normalized spacial score (nSPS) is 14.1. The van der Waals surface area contributed by atoms with Crippen LogP contribution in [0, 0.1) is 11.8 Å². The molecule has 0 heterocycles. The van der Waals surface area contributed by atoms with Gasteiger partial charge in [0.25, 0.3) is 0 Å². The number of hydrogen-bond donors (Lipinski definition) is 3. The van der Waals surface area contributed by atoms with Crippen molar-refractivity contribution in [2.24, 2.45) is 11.8 Å². The van der Waals surface area contributed by atoms with E-state index in [1.54, 1.807) is 0 Å². The number of rotatable bonds is 82. The van der Waals surface area contributed by atoms with Crippen LogP contribution in [0.4, 0.5) is 0 Å². The van der Waals surface area contributed by atoms with Gasteiger partial charge in [-0.3, -0.25) is 37.3 Å². The number of aliphatic hydroxyl groups excluding tert-OH is 1. The zero-order valence-electron chi connectivity index (χ0n) is 66.9. The summed E-state index contributed by atoms with van der Waals surface area (Å²) in [5.41, 5.74) is 0. The second kappa shape index (κ2) is 74.5. The Kier molecular flexibility index (Phi) is 73.1. The molecule has 0 aromatic heterocycles. The Morgan fingerprint density at radius 2 is 0.500 bits per heavy atom. The lowest BCUT2D eigenvalue weighted by Crippen LogP contribution is -2.30. The molecule has 0 saturated heterocycles. The molecule has 0 fully saturated rings. The molecule has 0 aromatic carbocycles. The number of carbonyl (C=O) groups excluding carboxylic acids is 4. The number of esters is 4. The van der Waals surface area contributed by atoms with E-state index in [9.17, 15) is 43.2 Å². The third-order valence-corrected chi connectivity index (χ3v) is 21.7. The van der Waals surface area contributed by atoms with Crippen molar-refractivity contribution in [2.75, 3.05) is 39.6 Å². The minimum absolute atomic E-state index is 0.107. The molecule has 0 aliphatic carbocycles. The summed E-state index contributed by atoms with van der Waals surface area (Å²) in [5, 5.41) is 10.6. The summed E-state index contributed by atoms with van der Waals surface area (Å²) in [6.45, 7) is 9.63. The van der Waals surface area contributed by atoms with E-state index in [1.807, 2.05) is 0 Å². The van der Waals surface area contributed by atoms with Crippen LogP contribution < -0.4 is 0 Å². The SMILES string of the molecule is CCCCCCCCCCCCCCCCCCCCCC(=O)OC[C@H](COP(=O)(O)OC[C@@H](O)COP(=O)(O)OC[C@@H](COC(=O)CCCCCCCCC(C)C)OC(=O)CCCCCCCCCCCCCC)OC(=O)CCCCCCCCCCCCCCCCCCCCC(C)CC. The largest absolute Gasteiger partial charge is 0.472 e. The molecule has 3 N–H and O–H groups in total. The lowest BCUT2D eigenvalue weighted by molar-refractivity contribution is -0.161. The molecule has 19 heteroatoms. The average Bonchev–Trinajstić information content (AvgIpc) is 0.922. The first-order valence-corrected chi connectivity index (χ1v) is 46.0. The van der Waals surface area contributed by atoms with E-state index in [-0.39, 0.29) is 25.7 Å². The second-order valence-electron chi connectivity index (χ2n) is 30.6. The number of phosphoric acid groups is 2. The van der Waals surface area contributed by atoms with Crippen molar-refractivity contribution in [3.8, 4) is 0 Å². The summed E-state index contributed by atoms with van der Waals surface area (Å²) >= 11 is 0. The van der Waals surface area contributed by atoms with Crippen LogP contribution in [0.15, 0.2) is 0 Å². The highest BCUT2D eigenvalue weighted by atomic mass is 31.2. The molecular weight excluding hydrogens is 1330 g/mol. The summed E-state index contributed by atoms with van der Waals surface area (Å²) in [5.74, 6) is -0.558. The lowest BCUT2D eigenvalue weighted by atomic mass is 9.99. The molecule has 0 aliphatic rings. The molecule has 0 rings (SSSR count). The summed E-state index contributed by atoms with van der Waals surface area (Å²) in [6, 6.07) is 0. The topological polar surface area (TPSA) is 237 Å². The van der Waals surface area contributed by atoms with Gasteiger partial charge in [0, 0.05) is 25.7 Å². The Hall–Kier alpha value is -1.94. The van der Waals surface area contributed by atoms with Crippen molar-refractivity contribution in [3.05, 3.63) is 0 Å². The lowest BCUT2D eigenvalue weighted by Gasteiger charge is -2.21. The van der Waals surface area contributed by atoms with Gasteiger partial charge < -0.3 is 33.8 Å². The van der Waals surface area contributed by atoms with Gasteiger partial charge >= 0.3 is 39.5 Å². The van der Waals surface area contributed by atoms with E-state index in [0.717, 1.165) is 102 Å². The summed E-state index contributed by atoms with van der Waals surface area (Å²) in [7, 11) is -9.92. The van der Waals surface area contributed by atoms with Crippen molar-refractivity contribution in [1.29, 1.82) is 0 Å². The van der Waals surface area contributed by atoms with Crippen molar-refractivity contribution in [3.63, 3.8) is 0 Å². The maximum absolute atomic E-state index is 13.1. The molecule has 17 nitrogen and oxygen atoms in total. The maximum Gasteiger partial charge on any atom is 0.472 e. The first-order chi connectivity index (χ1) is 49.4. The summed E-state index contributed by atoms with van der Waals surface area (Å²) < 4.78 is 68.7. The average molecular weight is 1490 g/mol. The second-order valence-corrected chi connectivity index (χ2v) is 33.5. The minimum Gasteiger partial charge on any atom is -0.462 e. The van der Waals surface area contributed by atoms with Crippen LogP contribution in [0.1, 0.15) is 440 Å². The van der Waals surface area contributed by atoms with Gasteiger partial charge in [-0.05, 0) is 37.5 Å². The van der Waals surface area contributed by atoms with Gasteiger partial charge in [-0.1, -0.05) is 388 Å². The molecule has 0 amide bonds. The van der Waals surface area contributed by atoms with Crippen molar-refractivity contribution in [1.82, 2.24) is 0 Å². The molecule has 0 aliphatic heterocycles. The van der Waals surface area contributed by atoms with Crippen LogP contribution in [0.3, 0.4) is 0 Å². The van der Waals surface area contributed by atoms with Crippen LogP contribution in [0.2, 0.25) is 0 Å². The Morgan fingerprint density at radius 3 is 0.745 bits per heavy atom. The van der Waals surface area contributed by atoms with Gasteiger partial charge in [0.1, 0.15) is 19.3 Å². The van der Waals surface area contributed by atoms with Crippen molar-refractivity contribution < 1.29 is 80.2 Å². The molecule has 0 bridgehead atoms. The third-order valence-electron chi connectivity index (χ3n) is 19.8. The van der Waals surface area contributed by atoms with E-state index in [4.69, 9.17) is 37.0 Å². The van der Waals surface area contributed by atoms with E-state index >= 15 is 0 Å². The van der Waals surface area contributed by atoms with Gasteiger partial charge in [0.05, 0.1) is 26.4 Å². The number of ether oxygens (including phenoxy) is 4. The van der Waals surface area contributed by atoms with Crippen LogP contribution >= 0.6 is 15.6 Å². The molecule has 0 spiro atoms. The van der Waals surface area contributed by atoms with Crippen LogP contribution in [0.25, 0.3) is 0 Å².